The first kappa shape index (κ1) is 19.9. The molecule has 0 bridgehead atoms. The van der Waals surface area contributed by atoms with E-state index >= 15 is 0 Å². The minimum absolute atomic E-state index is 0.491. The van der Waals surface area contributed by atoms with Crippen molar-refractivity contribution < 1.29 is 0 Å². The van der Waals surface area contributed by atoms with Crippen LogP contribution in [0, 0.1) is 5.92 Å². The molecule has 4 rings (SSSR count). The molecule has 1 saturated heterocycles. The molecular weight excluding hydrogens is 360 g/mol. The van der Waals surface area contributed by atoms with E-state index in [0.29, 0.717) is 5.92 Å². The normalized spacial score (nSPS) is 23.9. The summed E-state index contributed by atoms with van der Waals surface area (Å²) in [7, 11) is 0. The third kappa shape index (κ3) is 5.17. The van der Waals surface area contributed by atoms with Gasteiger partial charge in [0.2, 0.25) is 0 Å². The number of aromatic amines is 1. The van der Waals surface area contributed by atoms with Gasteiger partial charge in [-0.3, -0.25) is 10.1 Å². The van der Waals surface area contributed by atoms with Crippen molar-refractivity contribution in [1.82, 2.24) is 25.4 Å². The molecule has 29 heavy (non-hydrogen) atoms. The molecule has 0 atom stereocenters. The second kappa shape index (κ2) is 9.90. The molecule has 2 aromatic rings. The van der Waals surface area contributed by atoms with Gasteiger partial charge in [0.15, 0.2) is 5.96 Å². The highest BCUT2D eigenvalue weighted by Gasteiger charge is 2.25. The van der Waals surface area contributed by atoms with E-state index in [1.54, 1.807) is 6.33 Å². The van der Waals surface area contributed by atoms with Crippen LogP contribution in [0.4, 0.5) is 0 Å². The molecule has 1 aromatic carbocycles. The lowest BCUT2D eigenvalue weighted by Gasteiger charge is -2.34. The van der Waals surface area contributed by atoms with E-state index in [1.807, 2.05) is 0 Å². The zero-order valence-corrected chi connectivity index (χ0v) is 17.6. The van der Waals surface area contributed by atoms with Gasteiger partial charge in [-0.25, -0.2) is 4.98 Å². The summed E-state index contributed by atoms with van der Waals surface area (Å²) < 4.78 is 0. The fourth-order valence-corrected chi connectivity index (χ4v) is 4.82. The van der Waals surface area contributed by atoms with Gasteiger partial charge in [0.1, 0.15) is 12.2 Å². The average Bonchev–Trinajstić information content (AvgIpc) is 3.33. The average molecular weight is 395 g/mol. The van der Waals surface area contributed by atoms with Gasteiger partial charge in [-0.1, -0.05) is 30.3 Å². The van der Waals surface area contributed by atoms with E-state index in [1.165, 1.54) is 31.2 Å². The summed E-state index contributed by atoms with van der Waals surface area (Å²) in [5.41, 5.74) is 1.51. The SMILES string of the molecule is CCNC(=NCC1CCC(c2ccccc2)CC1)N1CCC(c2ncn[nH]2)CC1. The highest BCUT2D eigenvalue weighted by molar-refractivity contribution is 5.80. The topological polar surface area (TPSA) is 69.2 Å². The number of aliphatic imine (C=N–C) groups is 1. The number of benzene rings is 1. The minimum Gasteiger partial charge on any atom is -0.357 e. The lowest BCUT2D eigenvalue weighted by molar-refractivity contribution is 0.295. The summed E-state index contributed by atoms with van der Waals surface area (Å²) in [6.07, 6.45) is 8.97. The van der Waals surface area contributed by atoms with Crippen molar-refractivity contribution >= 4 is 5.96 Å². The van der Waals surface area contributed by atoms with Crippen LogP contribution in [0.5, 0.6) is 0 Å². The number of hydrogen-bond donors (Lipinski definition) is 2. The molecule has 1 aliphatic heterocycles. The summed E-state index contributed by atoms with van der Waals surface area (Å²) in [5.74, 6) is 4.07. The van der Waals surface area contributed by atoms with Crippen LogP contribution in [-0.2, 0) is 0 Å². The number of H-pyrrole nitrogens is 1. The number of nitrogens with zero attached hydrogens (tertiary/aromatic N) is 4. The van der Waals surface area contributed by atoms with E-state index in [-0.39, 0.29) is 0 Å². The van der Waals surface area contributed by atoms with Gasteiger partial charge >= 0.3 is 0 Å². The summed E-state index contributed by atoms with van der Waals surface area (Å²) in [5, 5.41) is 10.6. The molecule has 156 valence electrons. The maximum atomic E-state index is 5.04. The number of likely N-dealkylation sites (tertiary alicyclic amines) is 1. The second-order valence-electron chi connectivity index (χ2n) is 8.45. The molecule has 1 saturated carbocycles. The number of guanidine groups is 1. The largest absolute Gasteiger partial charge is 0.357 e. The Morgan fingerprint density at radius 1 is 1.07 bits per heavy atom. The lowest BCUT2D eigenvalue weighted by atomic mass is 9.79. The van der Waals surface area contributed by atoms with Crippen molar-refractivity contribution in [3.05, 3.63) is 48.0 Å². The molecule has 1 aliphatic carbocycles. The maximum Gasteiger partial charge on any atom is 0.193 e. The van der Waals surface area contributed by atoms with Gasteiger partial charge in [0.25, 0.3) is 0 Å². The van der Waals surface area contributed by atoms with Gasteiger partial charge < -0.3 is 10.2 Å². The Bertz CT molecular complexity index is 741. The van der Waals surface area contributed by atoms with Crippen molar-refractivity contribution in [2.75, 3.05) is 26.2 Å². The monoisotopic (exact) mass is 394 g/mol. The molecule has 0 spiro atoms. The number of hydrogen-bond acceptors (Lipinski definition) is 3. The number of piperidine rings is 1. The predicted octanol–water partition coefficient (Wildman–Crippen LogP) is 3.92. The zero-order valence-electron chi connectivity index (χ0n) is 17.6. The third-order valence-electron chi connectivity index (χ3n) is 6.57. The predicted molar refractivity (Wildman–Crippen MR) is 117 cm³/mol. The molecule has 0 radical (unpaired) electrons. The van der Waals surface area contributed by atoms with Crippen molar-refractivity contribution in [1.29, 1.82) is 0 Å². The Hall–Kier alpha value is -2.37. The van der Waals surface area contributed by atoms with Crippen molar-refractivity contribution in [3.63, 3.8) is 0 Å². The molecule has 2 N–H and O–H groups in total. The van der Waals surface area contributed by atoms with Crippen LogP contribution < -0.4 is 5.32 Å². The van der Waals surface area contributed by atoms with Crippen molar-refractivity contribution in [2.24, 2.45) is 10.9 Å². The summed E-state index contributed by atoms with van der Waals surface area (Å²) in [4.78, 5) is 11.8. The standard InChI is InChI=1S/C23H34N6/c1-2-24-23(29-14-12-21(13-15-29)22-26-17-27-28-22)25-16-18-8-10-20(11-9-18)19-6-4-3-5-7-19/h3-7,17-18,20-21H,2,8-16H2,1H3,(H,24,25)(H,26,27,28). The fourth-order valence-electron chi connectivity index (χ4n) is 4.82. The maximum absolute atomic E-state index is 5.04. The first-order valence-electron chi connectivity index (χ1n) is 11.3. The van der Waals surface area contributed by atoms with Crippen LogP contribution in [0.1, 0.15) is 68.7 Å². The molecule has 0 amide bonds. The highest BCUT2D eigenvalue weighted by atomic mass is 15.3. The van der Waals surface area contributed by atoms with Crippen LogP contribution in [0.15, 0.2) is 41.7 Å². The summed E-state index contributed by atoms with van der Waals surface area (Å²) in [6.45, 7) is 6.07. The van der Waals surface area contributed by atoms with Gasteiger partial charge in [-0.05, 0) is 62.8 Å². The van der Waals surface area contributed by atoms with E-state index in [0.717, 1.165) is 62.6 Å². The Morgan fingerprint density at radius 2 is 1.83 bits per heavy atom. The zero-order chi connectivity index (χ0) is 19.9. The van der Waals surface area contributed by atoms with Crippen LogP contribution in [0.3, 0.4) is 0 Å². The minimum atomic E-state index is 0.491. The lowest BCUT2D eigenvalue weighted by Crippen LogP contribution is -2.45. The van der Waals surface area contributed by atoms with E-state index in [9.17, 15) is 0 Å². The van der Waals surface area contributed by atoms with Gasteiger partial charge in [0, 0.05) is 32.1 Å². The molecule has 1 aromatic heterocycles. The van der Waals surface area contributed by atoms with Crippen molar-refractivity contribution in [3.8, 4) is 0 Å². The molecule has 6 nitrogen and oxygen atoms in total. The first-order valence-corrected chi connectivity index (χ1v) is 11.3. The van der Waals surface area contributed by atoms with Crippen LogP contribution in [0.25, 0.3) is 0 Å². The quantitative estimate of drug-likeness (QED) is 0.596. The number of aromatic nitrogens is 3. The highest BCUT2D eigenvalue weighted by Crippen LogP contribution is 2.35. The van der Waals surface area contributed by atoms with Crippen LogP contribution in [0.2, 0.25) is 0 Å². The van der Waals surface area contributed by atoms with E-state index < -0.39 is 0 Å². The molecule has 2 aliphatic rings. The number of rotatable bonds is 5. The molecule has 2 fully saturated rings. The van der Waals surface area contributed by atoms with Gasteiger partial charge in [-0.15, -0.1) is 0 Å². The van der Waals surface area contributed by atoms with Gasteiger partial charge in [-0.2, -0.15) is 5.10 Å². The Kier molecular flexibility index (Phi) is 6.80. The third-order valence-corrected chi connectivity index (χ3v) is 6.57. The Morgan fingerprint density at radius 3 is 2.48 bits per heavy atom. The molecule has 2 heterocycles. The Labute approximate surface area is 174 Å². The van der Waals surface area contributed by atoms with Crippen molar-refractivity contribution in [2.45, 2.75) is 57.3 Å². The molecule has 0 unspecified atom stereocenters. The van der Waals surface area contributed by atoms with Crippen LogP contribution >= 0.6 is 0 Å². The molecular formula is C23H34N6. The summed E-state index contributed by atoms with van der Waals surface area (Å²) in [6, 6.07) is 11.0. The summed E-state index contributed by atoms with van der Waals surface area (Å²) >= 11 is 0. The Balaban J connectivity index is 1.28. The smallest absolute Gasteiger partial charge is 0.193 e. The van der Waals surface area contributed by atoms with E-state index in [2.05, 4.69) is 62.7 Å². The number of nitrogens with one attached hydrogen (secondary N) is 2. The first-order chi connectivity index (χ1) is 14.3. The fraction of sp³-hybridized carbons (Fsp3) is 0.609. The van der Waals surface area contributed by atoms with E-state index in [4.69, 9.17) is 4.99 Å². The van der Waals surface area contributed by atoms with Crippen LogP contribution in [-0.4, -0.2) is 52.2 Å². The molecule has 6 heteroatoms. The second-order valence-corrected chi connectivity index (χ2v) is 8.45. The van der Waals surface area contributed by atoms with Gasteiger partial charge in [0.05, 0.1) is 0 Å².